The van der Waals surface area contributed by atoms with Crippen LogP contribution in [-0.4, -0.2) is 53.6 Å². The van der Waals surface area contributed by atoms with Crippen molar-refractivity contribution in [1.82, 2.24) is 20.1 Å². The zero-order valence-electron chi connectivity index (χ0n) is 27.0. The second-order valence-electron chi connectivity index (χ2n) is 12.2. The van der Waals surface area contributed by atoms with Gasteiger partial charge >= 0.3 is 6.03 Å². The molecule has 1 saturated heterocycles. The van der Waals surface area contributed by atoms with Crippen molar-refractivity contribution >= 4 is 34.2 Å². The number of ether oxygens (including phenoxy) is 1. The number of nitrogens with one attached hydrogen (secondary N) is 4. The Morgan fingerprint density at radius 1 is 0.787 bits per heavy atom. The fourth-order valence-corrected chi connectivity index (χ4v) is 5.83. The fraction of sp³-hybridized carbons (Fsp3) is 0.263. The molecule has 0 aliphatic carbocycles. The van der Waals surface area contributed by atoms with Crippen LogP contribution in [0, 0.1) is 0 Å². The summed E-state index contributed by atoms with van der Waals surface area (Å²) in [7, 11) is 0. The summed E-state index contributed by atoms with van der Waals surface area (Å²) in [5, 5.41) is 13.4. The number of fused-ring (bicyclic) bond motifs is 1. The molecule has 0 unspecified atom stereocenters. The first-order chi connectivity index (χ1) is 22.9. The lowest BCUT2D eigenvalue weighted by Crippen LogP contribution is -2.34. The second-order valence-corrected chi connectivity index (χ2v) is 12.2. The van der Waals surface area contributed by atoms with Crippen molar-refractivity contribution in [1.29, 1.82) is 0 Å². The number of para-hydroxylation sites is 1. The van der Waals surface area contributed by atoms with Crippen LogP contribution >= 0.6 is 0 Å². The van der Waals surface area contributed by atoms with Gasteiger partial charge < -0.3 is 35.5 Å². The van der Waals surface area contributed by atoms with Crippen LogP contribution in [0.4, 0.5) is 16.2 Å². The summed E-state index contributed by atoms with van der Waals surface area (Å²) in [4.78, 5) is 27.5. The van der Waals surface area contributed by atoms with Gasteiger partial charge in [-0.1, -0.05) is 18.2 Å². The number of hydrogen-bond acceptors (Lipinski definition) is 5. The zero-order chi connectivity index (χ0) is 32.6. The van der Waals surface area contributed by atoms with Gasteiger partial charge in [0.25, 0.3) is 5.91 Å². The van der Waals surface area contributed by atoms with Crippen molar-refractivity contribution in [3.05, 3.63) is 114 Å². The largest absolute Gasteiger partial charge is 0.457 e. The van der Waals surface area contributed by atoms with Gasteiger partial charge in [-0.3, -0.25) is 4.79 Å². The molecule has 1 aliphatic heterocycles. The lowest BCUT2D eigenvalue weighted by molar-refractivity contribution is 0.102. The maximum absolute atomic E-state index is 13.1. The van der Waals surface area contributed by atoms with Gasteiger partial charge in [0.15, 0.2) is 0 Å². The number of carbonyl (C=O) groups excluding carboxylic acids is 2. The number of aromatic nitrogens is 1. The van der Waals surface area contributed by atoms with Crippen LogP contribution in [0.2, 0.25) is 0 Å². The summed E-state index contributed by atoms with van der Waals surface area (Å²) in [5.41, 5.74) is 5.32. The Morgan fingerprint density at radius 3 is 2.09 bits per heavy atom. The summed E-state index contributed by atoms with van der Waals surface area (Å²) in [6, 6.07) is 30.3. The molecule has 0 saturated carbocycles. The van der Waals surface area contributed by atoms with Crippen molar-refractivity contribution in [2.24, 2.45) is 0 Å². The number of carbonyl (C=O) groups is 2. The van der Waals surface area contributed by atoms with Gasteiger partial charge in [0.05, 0.1) is 5.52 Å². The molecule has 47 heavy (non-hydrogen) atoms. The predicted octanol–water partition coefficient (Wildman–Crippen LogP) is 7.39. The van der Waals surface area contributed by atoms with Gasteiger partial charge in [-0.15, -0.1) is 0 Å². The van der Waals surface area contributed by atoms with E-state index in [4.69, 9.17) is 4.74 Å². The standard InChI is InChI=1S/C38H42N6O3/c1-27(2)40-38(46)42-31-13-19-34(20-14-31)47-33-17-11-30(12-18-33)41-37(45)28-9-15-32(16-10-28)44-26-29(35-7-3-4-8-36(35)44)25-39-21-24-43-22-5-6-23-43/h3-4,7-20,26-27,39H,5-6,21-25H2,1-2H3,(H,41,45)(H2,40,42,46). The van der Waals surface area contributed by atoms with Crippen LogP contribution in [-0.2, 0) is 6.54 Å². The van der Waals surface area contributed by atoms with Crippen molar-refractivity contribution < 1.29 is 14.3 Å². The Hall–Kier alpha value is -5.12. The number of amides is 3. The van der Waals surface area contributed by atoms with E-state index in [9.17, 15) is 9.59 Å². The highest BCUT2D eigenvalue weighted by Gasteiger charge is 2.13. The average Bonchev–Trinajstić information content (AvgIpc) is 3.73. The molecule has 4 aromatic carbocycles. The number of nitrogens with zero attached hydrogens (tertiary/aromatic N) is 2. The smallest absolute Gasteiger partial charge is 0.319 e. The summed E-state index contributed by atoms with van der Waals surface area (Å²) < 4.78 is 8.13. The van der Waals surface area contributed by atoms with Crippen molar-refractivity contribution in [2.75, 3.05) is 36.8 Å². The quantitative estimate of drug-likeness (QED) is 0.108. The highest BCUT2D eigenvalue weighted by Crippen LogP contribution is 2.27. The molecule has 2 heterocycles. The second kappa shape index (κ2) is 15.0. The van der Waals surface area contributed by atoms with Crippen LogP contribution in [0.15, 0.2) is 103 Å². The minimum absolute atomic E-state index is 0.0536. The van der Waals surface area contributed by atoms with Gasteiger partial charge in [-0.05, 0) is 124 Å². The van der Waals surface area contributed by atoms with Gasteiger partial charge in [-0.25, -0.2) is 4.79 Å². The first kappa shape index (κ1) is 31.8. The molecule has 1 fully saturated rings. The zero-order valence-corrected chi connectivity index (χ0v) is 27.0. The molecule has 0 radical (unpaired) electrons. The predicted molar refractivity (Wildman–Crippen MR) is 189 cm³/mol. The molecule has 4 N–H and O–H groups in total. The van der Waals surface area contributed by atoms with E-state index in [0.717, 1.165) is 30.8 Å². The van der Waals surface area contributed by atoms with Gasteiger partial charge in [0.1, 0.15) is 11.5 Å². The lowest BCUT2D eigenvalue weighted by Gasteiger charge is -2.14. The fourth-order valence-electron chi connectivity index (χ4n) is 5.83. The van der Waals surface area contributed by atoms with Gasteiger partial charge in [0, 0.05) is 59.9 Å². The minimum Gasteiger partial charge on any atom is -0.457 e. The molecule has 1 aliphatic rings. The number of urea groups is 1. The topological polar surface area (TPSA) is 99.7 Å². The van der Waals surface area contributed by atoms with Crippen molar-refractivity contribution in [2.45, 2.75) is 39.3 Å². The normalized spacial score (nSPS) is 13.2. The van der Waals surface area contributed by atoms with Gasteiger partial charge in [-0.2, -0.15) is 0 Å². The molecule has 242 valence electrons. The molecule has 1 aromatic heterocycles. The first-order valence-electron chi connectivity index (χ1n) is 16.3. The number of anilines is 2. The van der Waals surface area contributed by atoms with Crippen molar-refractivity contribution in [3.63, 3.8) is 0 Å². The van der Waals surface area contributed by atoms with E-state index in [1.807, 2.05) is 38.1 Å². The number of hydrogen-bond donors (Lipinski definition) is 4. The molecule has 9 nitrogen and oxygen atoms in total. The molecule has 9 heteroatoms. The summed E-state index contributed by atoms with van der Waals surface area (Å²) in [6.45, 7) is 9.12. The van der Waals surface area contributed by atoms with Gasteiger partial charge in [0.2, 0.25) is 0 Å². The van der Waals surface area contributed by atoms with E-state index in [2.05, 4.69) is 61.2 Å². The average molecular weight is 631 g/mol. The summed E-state index contributed by atoms with van der Waals surface area (Å²) in [5.74, 6) is 1.08. The molecule has 6 rings (SSSR count). The Bertz CT molecular complexity index is 1790. The van der Waals surface area contributed by atoms with Crippen LogP contribution in [0.25, 0.3) is 16.6 Å². The maximum atomic E-state index is 13.1. The van der Waals surface area contributed by atoms with Crippen LogP contribution in [0.1, 0.15) is 42.6 Å². The summed E-state index contributed by atoms with van der Waals surface area (Å²) in [6.07, 6.45) is 4.83. The van der Waals surface area contributed by atoms with Crippen LogP contribution in [0.3, 0.4) is 0 Å². The molecule has 0 atom stereocenters. The molecule has 3 amide bonds. The van der Waals surface area contributed by atoms with E-state index in [1.54, 1.807) is 48.5 Å². The lowest BCUT2D eigenvalue weighted by atomic mass is 10.1. The molecule has 5 aromatic rings. The van der Waals surface area contributed by atoms with E-state index in [0.29, 0.717) is 28.4 Å². The number of likely N-dealkylation sites (tertiary alicyclic amines) is 1. The molecular formula is C38H42N6O3. The number of benzene rings is 4. The van der Waals surface area contributed by atoms with Crippen LogP contribution < -0.4 is 26.0 Å². The minimum atomic E-state index is -0.252. The third-order valence-corrected chi connectivity index (χ3v) is 8.20. The first-order valence-corrected chi connectivity index (χ1v) is 16.3. The molecule has 0 bridgehead atoms. The molecule has 0 spiro atoms. The van der Waals surface area contributed by atoms with Crippen LogP contribution in [0.5, 0.6) is 11.5 Å². The Morgan fingerprint density at radius 2 is 1.43 bits per heavy atom. The monoisotopic (exact) mass is 630 g/mol. The highest BCUT2D eigenvalue weighted by atomic mass is 16.5. The summed E-state index contributed by atoms with van der Waals surface area (Å²) >= 11 is 0. The SMILES string of the molecule is CC(C)NC(=O)Nc1ccc(Oc2ccc(NC(=O)c3ccc(-n4cc(CNCCN5CCCC5)c5ccccc54)cc3)cc2)cc1. The van der Waals surface area contributed by atoms with E-state index in [-0.39, 0.29) is 18.0 Å². The Balaban J connectivity index is 1.04. The highest BCUT2D eigenvalue weighted by molar-refractivity contribution is 6.04. The van der Waals surface area contributed by atoms with E-state index < -0.39 is 0 Å². The third-order valence-electron chi connectivity index (χ3n) is 8.20. The van der Waals surface area contributed by atoms with E-state index >= 15 is 0 Å². The third kappa shape index (κ3) is 8.38. The maximum Gasteiger partial charge on any atom is 0.319 e. The number of rotatable bonds is 12. The Kier molecular flexibility index (Phi) is 10.2. The van der Waals surface area contributed by atoms with E-state index in [1.165, 1.54) is 36.9 Å². The molecular weight excluding hydrogens is 588 g/mol. The Labute approximate surface area is 275 Å². The van der Waals surface area contributed by atoms with Crippen molar-refractivity contribution in [3.8, 4) is 17.2 Å².